The van der Waals surface area contributed by atoms with Crippen LogP contribution >= 0.6 is 0 Å². The fourth-order valence-electron chi connectivity index (χ4n) is 2.51. The summed E-state index contributed by atoms with van der Waals surface area (Å²) in [6.45, 7) is 3.57. The topological polar surface area (TPSA) is 97.2 Å². The lowest BCUT2D eigenvalue weighted by molar-refractivity contribution is 0.102. The van der Waals surface area contributed by atoms with Gasteiger partial charge in [-0.1, -0.05) is 6.07 Å². The summed E-state index contributed by atoms with van der Waals surface area (Å²) in [6.07, 6.45) is 4.92. The van der Waals surface area contributed by atoms with Crippen LogP contribution in [0.5, 0.6) is 0 Å². The van der Waals surface area contributed by atoms with Gasteiger partial charge in [-0.05, 0) is 50.2 Å². The van der Waals surface area contributed by atoms with Crippen LogP contribution in [0.25, 0.3) is 5.82 Å². The van der Waals surface area contributed by atoms with E-state index in [1.807, 2.05) is 0 Å². The molecule has 0 saturated carbocycles. The van der Waals surface area contributed by atoms with Gasteiger partial charge >= 0.3 is 0 Å². The molecule has 0 saturated heterocycles. The number of anilines is 1. The molecule has 0 radical (unpaired) electrons. The fraction of sp³-hybridized carbons (Fsp3) is 0.211. The van der Waals surface area contributed by atoms with Gasteiger partial charge in [-0.2, -0.15) is 9.40 Å². The van der Waals surface area contributed by atoms with Crippen molar-refractivity contribution in [1.82, 2.24) is 19.1 Å². The number of rotatable bonds is 6. The molecular weight excluding hydrogens is 378 g/mol. The first kappa shape index (κ1) is 19.7. The summed E-state index contributed by atoms with van der Waals surface area (Å²) in [4.78, 5) is 17.1. The molecule has 3 rings (SSSR count). The van der Waals surface area contributed by atoms with Crippen molar-refractivity contribution in [1.29, 1.82) is 0 Å². The largest absolute Gasteiger partial charge is 0.319 e. The SMILES string of the molecule is CC(C)N(C)S(=O)(=O)c1cccc(C(=O)Nc2cccnc2-n2cccn2)c1. The lowest BCUT2D eigenvalue weighted by Gasteiger charge is -2.21. The number of carbonyl (C=O) groups excluding carboxylic acids is 1. The Kier molecular flexibility index (Phi) is 5.57. The number of sulfonamides is 1. The molecule has 0 atom stereocenters. The minimum atomic E-state index is -3.68. The van der Waals surface area contributed by atoms with E-state index < -0.39 is 15.9 Å². The third-order valence-electron chi connectivity index (χ3n) is 4.26. The van der Waals surface area contributed by atoms with Crippen LogP contribution in [0.15, 0.2) is 66.0 Å². The molecule has 0 bridgehead atoms. The smallest absolute Gasteiger partial charge is 0.255 e. The molecule has 3 aromatic rings. The Morgan fingerprint density at radius 2 is 1.93 bits per heavy atom. The second kappa shape index (κ2) is 7.91. The zero-order valence-corrected chi connectivity index (χ0v) is 16.6. The number of hydrogen-bond acceptors (Lipinski definition) is 5. The van der Waals surface area contributed by atoms with Crippen LogP contribution in [0.1, 0.15) is 24.2 Å². The first-order valence-electron chi connectivity index (χ1n) is 8.65. The van der Waals surface area contributed by atoms with Crippen LogP contribution < -0.4 is 5.32 Å². The van der Waals surface area contributed by atoms with E-state index >= 15 is 0 Å². The Morgan fingerprint density at radius 3 is 2.61 bits per heavy atom. The molecule has 2 aromatic heterocycles. The van der Waals surface area contributed by atoms with Crippen molar-refractivity contribution in [3.8, 4) is 5.82 Å². The van der Waals surface area contributed by atoms with E-state index in [2.05, 4.69) is 15.4 Å². The summed E-state index contributed by atoms with van der Waals surface area (Å²) in [5, 5.41) is 6.90. The van der Waals surface area contributed by atoms with Crippen molar-refractivity contribution in [3.05, 3.63) is 66.6 Å². The summed E-state index contributed by atoms with van der Waals surface area (Å²) in [7, 11) is -2.17. The number of carbonyl (C=O) groups is 1. The predicted molar refractivity (Wildman–Crippen MR) is 106 cm³/mol. The van der Waals surface area contributed by atoms with Crippen LogP contribution in [-0.4, -0.2) is 46.5 Å². The average molecular weight is 399 g/mol. The number of benzene rings is 1. The van der Waals surface area contributed by atoms with Crippen LogP contribution in [0, 0.1) is 0 Å². The highest BCUT2D eigenvalue weighted by Crippen LogP contribution is 2.20. The normalized spacial score (nSPS) is 11.8. The maximum Gasteiger partial charge on any atom is 0.255 e. The highest BCUT2D eigenvalue weighted by atomic mass is 32.2. The minimum Gasteiger partial charge on any atom is -0.319 e. The number of amides is 1. The van der Waals surface area contributed by atoms with Crippen molar-refractivity contribution >= 4 is 21.6 Å². The van der Waals surface area contributed by atoms with Crippen molar-refractivity contribution in [2.24, 2.45) is 0 Å². The summed E-state index contributed by atoms with van der Waals surface area (Å²) >= 11 is 0. The van der Waals surface area contributed by atoms with E-state index in [-0.39, 0.29) is 16.5 Å². The van der Waals surface area contributed by atoms with Gasteiger partial charge in [0.2, 0.25) is 10.0 Å². The Labute approximate surface area is 163 Å². The number of pyridine rings is 1. The molecule has 0 fully saturated rings. The van der Waals surface area contributed by atoms with E-state index in [0.717, 1.165) is 0 Å². The number of nitrogens with zero attached hydrogens (tertiary/aromatic N) is 4. The summed E-state index contributed by atoms with van der Waals surface area (Å²) < 4.78 is 28.2. The maximum absolute atomic E-state index is 12.7. The van der Waals surface area contributed by atoms with Crippen LogP contribution in [-0.2, 0) is 10.0 Å². The quantitative estimate of drug-likeness (QED) is 0.687. The molecule has 28 heavy (non-hydrogen) atoms. The standard InChI is InChI=1S/C19H21N5O3S/c1-14(2)23(3)28(26,27)16-8-4-7-15(13-16)19(25)22-17-9-5-10-20-18(17)24-12-6-11-21-24/h4-14H,1-3H3,(H,22,25). The Morgan fingerprint density at radius 1 is 1.14 bits per heavy atom. The summed E-state index contributed by atoms with van der Waals surface area (Å²) in [5.41, 5.74) is 0.692. The van der Waals surface area contributed by atoms with Crippen LogP contribution in [0.2, 0.25) is 0 Å². The number of hydrogen-bond donors (Lipinski definition) is 1. The van der Waals surface area contributed by atoms with Crippen molar-refractivity contribution in [3.63, 3.8) is 0 Å². The monoisotopic (exact) mass is 399 g/mol. The van der Waals surface area contributed by atoms with Crippen molar-refractivity contribution < 1.29 is 13.2 Å². The lowest BCUT2D eigenvalue weighted by atomic mass is 10.2. The first-order chi connectivity index (χ1) is 13.3. The molecule has 1 amide bonds. The van der Waals surface area contributed by atoms with Gasteiger partial charge in [0.15, 0.2) is 5.82 Å². The van der Waals surface area contributed by atoms with Gasteiger partial charge in [0.25, 0.3) is 5.91 Å². The molecule has 1 aromatic carbocycles. The Bertz CT molecular complexity index is 1080. The predicted octanol–water partition coefficient (Wildman–Crippen LogP) is 2.55. The van der Waals surface area contributed by atoms with Gasteiger partial charge in [0.1, 0.15) is 0 Å². The fourth-order valence-corrected chi connectivity index (χ4v) is 3.92. The van der Waals surface area contributed by atoms with Gasteiger partial charge in [0, 0.05) is 37.2 Å². The second-order valence-electron chi connectivity index (χ2n) is 6.42. The van der Waals surface area contributed by atoms with Crippen LogP contribution in [0.3, 0.4) is 0 Å². The first-order valence-corrected chi connectivity index (χ1v) is 10.1. The third kappa shape index (κ3) is 3.95. The van der Waals surface area contributed by atoms with Gasteiger partial charge in [-0.3, -0.25) is 4.79 Å². The van der Waals surface area contributed by atoms with E-state index in [9.17, 15) is 13.2 Å². The van der Waals surface area contributed by atoms with E-state index in [1.165, 1.54) is 28.2 Å². The minimum absolute atomic E-state index is 0.0647. The molecule has 0 unspecified atom stereocenters. The third-order valence-corrected chi connectivity index (χ3v) is 6.29. The van der Waals surface area contributed by atoms with Gasteiger partial charge in [-0.15, -0.1) is 0 Å². The molecule has 0 aliphatic heterocycles. The van der Waals surface area contributed by atoms with E-state index in [0.29, 0.717) is 11.5 Å². The summed E-state index contributed by atoms with van der Waals surface area (Å²) in [6, 6.07) is 10.9. The van der Waals surface area contributed by atoms with Crippen molar-refractivity contribution in [2.45, 2.75) is 24.8 Å². The molecule has 146 valence electrons. The summed E-state index contributed by atoms with van der Waals surface area (Å²) in [5.74, 6) is 0.0230. The molecule has 0 spiro atoms. The molecule has 2 heterocycles. The van der Waals surface area contributed by atoms with Crippen molar-refractivity contribution in [2.75, 3.05) is 12.4 Å². The molecule has 1 N–H and O–H groups in total. The highest BCUT2D eigenvalue weighted by Gasteiger charge is 2.24. The number of aromatic nitrogens is 3. The Balaban J connectivity index is 1.90. The van der Waals surface area contributed by atoms with Crippen LogP contribution in [0.4, 0.5) is 5.69 Å². The maximum atomic E-state index is 12.7. The zero-order valence-electron chi connectivity index (χ0n) is 15.8. The molecule has 0 aliphatic rings. The lowest BCUT2D eigenvalue weighted by Crippen LogP contribution is -2.33. The second-order valence-corrected chi connectivity index (χ2v) is 8.42. The van der Waals surface area contributed by atoms with Gasteiger partial charge in [0.05, 0.1) is 10.6 Å². The van der Waals surface area contributed by atoms with E-state index in [4.69, 9.17) is 0 Å². The highest BCUT2D eigenvalue weighted by molar-refractivity contribution is 7.89. The number of nitrogens with one attached hydrogen (secondary N) is 1. The molecule has 9 heteroatoms. The molecule has 0 aliphatic carbocycles. The van der Waals surface area contributed by atoms with Gasteiger partial charge < -0.3 is 5.32 Å². The molecular formula is C19H21N5O3S. The zero-order chi connectivity index (χ0) is 20.3. The Hall–Kier alpha value is -3.04. The van der Waals surface area contributed by atoms with Gasteiger partial charge in [-0.25, -0.2) is 18.1 Å². The molecule has 8 nitrogen and oxygen atoms in total. The average Bonchev–Trinajstić information content (AvgIpc) is 3.22. The van der Waals surface area contributed by atoms with E-state index in [1.54, 1.807) is 62.8 Å².